The number of hydrogen-bond acceptors (Lipinski definition) is 4. The molecule has 0 aromatic heterocycles. The summed E-state index contributed by atoms with van der Waals surface area (Å²) in [6.07, 6.45) is 1.75. The van der Waals surface area contributed by atoms with Crippen molar-refractivity contribution in [1.82, 2.24) is 4.90 Å². The first kappa shape index (κ1) is 23.1. The second kappa shape index (κ2) is 9.02. The molecule has 3 aromatic rings. The van der Waals surface area contributed by atoms with Crippen molar-refractivity contribution >= 4 is 15.7 Å². The molecule has 3 aromatic carbocycles. The van der Waals surface area contributed by atoms with Crippen molar-refractivity contribution in [2.24, 2.45) is 0 Å². The molecule has 1 amide bonds. The highest BCUT2D eigenvalue weighted by Crippen LogP contribution is 2.31. The predicted octanol–water partition coefficient (Wildman–Crippen LogP) is 4.97. The fraction of sp³-hybridized carbons (Fsp3) is 0.296. The molecular weight excluding hydrogens is 434 g/mol. The van der Waals surface area contributed by atoms with Gasteiger partial charge in [-0.2, -0.15) is 0 Å². The number of ether oxygens (including phenoxy) is 1. The highest BCUT2D eigenvalue weighted by Gasteiger charge is 2.24. The van der Waals surface area contributed by atoms with E-state index in [0.29, 0.717) is 31.7 Å². The van der Waals surface area contributed by atoms with Crippen LogP contribution in [0.1, 0.15) is 39.5 Å². The van der Waals surface area contributed by atoms with Crippen LogP contribution in [0.25, 0.3) is 11.1 Å². The van der Waals surface area contributed by atoms with Crippen LogP contribution in [0, 0.1) is 13.8 Å². The molecule has 4 rings (SSSR count). The molecule has 6 heteroatoms. The third-order valence-corrected chi connectivity index (χ3v) is 7.39. The van der Waals surface area contributed by atoms with E-state index < -0.39 is 9.84 Å². The van der Waals surface area contributed by atoms with Gasteiger partial charge in [-0.05, 0) is 78.4 Å². The maximum absolute atomic E-state index is 13.5. The van der Waals surface area contributed by atoms with Crippen LogP contribution in [0.3, 0.4) is 0 Å². The molecule has 0 spiro atoms. The normalized spacial score (nSPS) is 13.8. The lowest BCUT2D eigenvalue weighted by atomic mass is 9.98. The van der Waals surface area contributed by atoms with Gasteiger partial charge in [0.05, 0.1) is 11.4 Å². The maximum Gasteiger partial charge on any atom is 0.254 e. The van der Waals surface area contributed by atoms with Crippen molar-refractivity contribution < 1.29 is 17.9 Å². The molecule has 172 valence electrons. The highest BCUT2D eigenvalue weighted by atomic mass is 32.2. The third-order valence-electron chi connectivity index (χ3n) is 6.28. The second-order valence-corrected chi connectivity index (χ2v) is 10.7. The highest BCUT2D eigenvalue weighted by molar-refractivity contribution is 7.90. The van der Waals surface area contributed by atoms with Crippen molar-refractivity contribution in [3.8, 4) is 16.9 Å². The molecule has 0 bridgehead atoms. The van der Waals surface area contributed by atoms with E-state index in [0.717, 1.165) is 28.0 Å². The molecule has 0 N–H and O–H groups in total. The number of carbonyl (C=O) groups excluding carboxylic acids is 1. The number of carbonyl (C=O) groups is 1. The Bertz CT molecular complexity index is 1330. The Kier molecular flexibility index (Phi) is 6.30. The Morgan fingerprint density at radius 1 is 0.970 bits per heavy atom. The zero-order chi connectivity index (χ0) is 23.8. The van der Waals surface area contributed by atoms with Crippen molar-refractivity contribution in [3.05, 3.63) is 82.4 Å². The molecule has 0 fully saturated rings. The average Bonchev–Trinajstić information content (AvgIpc) is 3.01. The first-order valence-corrected chi connectivity index (χ1v) is 13.0. The van der Waals surface area contributed by atoms with Gasteiger partial charge in [-0.1, -0.05) is 31.2 Å². The van der Waals surface area contributed by atoms with E-state index in [9.17, 15) is 13.2 Å². The Morgan fingerprint density at radius 3 is 2.39 bits per heavy atom. The van der Waals surface area contributed by atoms with Crippen LogP contribution in [0.4, 0.5) is 0 Å². The van der Waals surface area contributed by atoms with Gasteiger partial charge in [0.1, 0.15) is 12.4 Å². The zero-order valence-electron chi connectivity index (χ0n) is 19.5. The van der Waals surface area contributed by atoms with Crippen LogP contribution in [-0.4, -0.2) is 38.6 Å². The zero-order valence-corrected chi connectivity index (χ0v) is 20.3. The van der Waals surface area contributed by atoms with Crippen LogP contribution in [-0.2, 0) is 22.8 Å². The molecule has 5 nitrogen and oxygen atoms in total. The molecule has 1 aliphatic heterocycles. The van der Waals surface area contributed by atoms with Crippen molar-refractivity contribution in [2.75, 3.05) is 19.4 Å². The van der Waals surface area contributed by atoms with E-state index in [2.05, 4.69) is 44.2 Å². The predicted molar refractivity (Wildman–Crippen MR) is 131 cm³/mol. The largest absolute Gasteiger partial charge is 0.491 e. The molecular formula is C27H29NO4S. The summed E-state index contributed by atoms with van der Waals surface area (Å²) in [5, 5.41) is 0. The first-order valence-electron chi connectivity index (χ1n) is 11.1. The Labute approximate surface area is 195 Å². The lowest BCUT2D eigenvalue weighted by Gasteiger charge is -2.22. The van der Waals surface area contributed by atoms with Crippen molar-refractivity contribution in [1.29, 1.82) is 0 Å². The monoisotopic (exact) mass is 463 g/mol. The number of rotatable bonds is 4. The summed E-state index contributed by atoms with van der Waals surface area (Å²) in [6.45, 7) is 7.43. The van der Waals surface area contributed by atoms with E-state index in [-0.39, 0.29) is 10.8 Å². The van der Waals surface area contributed by atoms with Gasteiger partial charge in [-0.3, -0.25) is 4.79 Å². The number of aryl methyl sites for hydroxylation is 3. The van der Waals surface area contributed by atoms with E-state index in [1.54, 1.807) is 17.0 Å². The van der Waals surface area contributed by atoms with Gasteiger partial charge in [0, 0.05) is 23.9 Å². The number of fused-ring (bicyclic) bond motifs is 1. The fourth-order valence-corrected chi connectivity index (χ4v) is 4.81. The molecule has 33 heavy (non-hydrogen) atoms. The minimum absolute atomic E-state index is 0.111. The van der Waals surface area contributed by atoms with Gasteiger partial charge in [0.25, 0.3) is 5.91 Å². The Morgan fingerprint density at radius 2 is 1.70 bits per heavy atom. The fourth-order valence-electron chi connectivity index (χ4n) is 4.14. The van der Waals surface area contributed by atoms with E-state index in [1.807, 2.05) is 13.0 Å². The topological polar surface area (TPSA) is 63.7 Å². The van der Waals surface area contributed by atoms with Gasteiger partial charge in [-0.25, -0.2) is 8.42 Å². The van der Waals surface area contributed by atoms with Crippen molar-refractivity contribution in [3.63, 3.8) is 0 Å². The third kappa shape index (κ3) is 4.81. The first-order chi connectivity index (χ1) is 15.7. The average molecular weight is 464 g/mol. The summed E-state index contributed by atoms with van der Waals surface area (Å²) < 4.78 is 29.8. The van der Waals surface area contributed by atoms with Crippen molar-refractivity contribution in [2.45, 2.75) is 38.6 Å². The van der Waals surface area contributed by atoms with Crippen LogP contribution < -0.4 is 4.74 Å². The molecule has 0 unspecified atom stereocenters. The molecule has 0 radical (unpaired) electrons. The second-order valence-electron chi connectivity index (χ2n) is 8.64. The maximum atomic E-state index is 13.5. The molecule has 1 heterocycles. The summed E-state index contributed by atoms with van der Waals surface area (Å²) in [5.74, 6) is 0.681. The molecule has 0 atom stereocenters. The number of amides is 1. The summed E-state index contributed by atoms with van der Waals surface area (Å²) in [7, 11) is -3.33. The van der Waals surface area contributed by atoms with Gasteiger partial charge in [0.15, 0.2) is 9.84 Å². The minimum Gasteiger partial charge on any atom is -0.491 e. The van der Waals surface area contributed by atoms with Gasteiger partial charge >= 0.3 is 0 Å². The van der Waals surface area contributed by atoms with E-state index in [4.69, 9.17) is 4.74 Å². The standard InChI is InChI=1S/C27H29NO4S/c1-5-20-16-24(33(4,30)31)9-10-25(20)27(29)28-12-13-32-26-11-8-22(15-23(26)17-28)21-7-6-18(2)19(3)14-21/h6-11,14-16H,5,12-13,17H2,1-4H3. The van der Waals surface area contributed by atoms with Gasteiger partial charge < -0.3 is 9.64 Å². The van der Waals surface area contributed by atoms with E-state index >= 15 is 0 Å². The number of nitrogens with zero attached hydrogens (tertiary/aromatic N) is 1. The van der Waals surface area contributed by atoms with Crippen LogP contribution in [0.5, 0.6) is 5.75 Å². The molecule has 0 saturated carbocycles. The van der Waals surface area contributed by atoms with Crippen LogP contribution in [0.15, 0.2) is 59.5 Å². The quantitative estimate of drug-likeness (QED) is 0.548. The minimum atomic E-state index is -3.33. The SMILES string of the molecule is CCc1cc(S(C)(=O)=O)ccc1C(=O)N1CCOc2ccc(-c3ccc(C)c(C)c3)cc2C1. The molecule has 0 saturated heterocycles. The Balaban J connectivity index is 1.66. The number of benzene rings is 3. The summed E-state index contributed by atoms with van der Waals surface area (Å²) in [4.78, 5) is 15.5. The Hall–Kier alpha value is -3.12. The lowest BCUT2D eigenvalue weighted by molar-refractivity contribution is 0.0732. The molecule has 0 aliphatic carbocycles. The number of hydrogen-bond donors (Lipinski definition) is 0. The van der Waals surface area contributed by atoms with Gasteiger partial charge in [0.2, 0.25) is 0 Å². The summed E-state index contributed by atoms with van der Waals surface area (Å²) in [5.41, 5.74) is 6.94. The van der Waals surface area contributed by atoms with E-state index in [1.165, 1.54) is 23.4 Å². The molecule has 1 aliphatic rings. The van der Waals surface area contributed by atoms with Crippen LogP contribution in [0.2, 0.25) is 0 Å². The smallest absolute Gasteiger partial charge is 0.254 e. The van der Waals surface area contributed by atoms with Crippen LogP contribution >= 0.6 is 0 Å². The summed E-state index contributed by atoms with van der Waals surface area (Å²) in [6, 6.07) is 17.3. The number of sulfone groups is 1. The summed E-state index contributed by atoms with van der Waals surface area (Å²) >= 11 is 0. The van der Waals surface area contributed by atoms with Gasteiger partial charge in [-0.15, -0.1) is 0 Å². The lowest BCUT2D eigenvalue weighted by Crippen LogP contribution is -2.33.